The molecule has 0 aliphatic heterocycles. The van der Waals surface area contributed by atoms with E-state index in [1.54, 1.807) is 11.3 Å². The minimum Gasteiger partial charge on any atom is -0.506 e. The van der Waals surface area contributed by atoms with Gasteiger partial charge < -0.3 is 5.11 Å². The standard InChI is InChI=1S/C8H4BrClOS/c9-7-5(10)3-6-4(8(7)11)1-2-12-6/h1-3,11H. The van der Waals surface area contributed by atoms with Crippen LogP contribution < -0.4 is 0 Å². The van der Waals surface area contributed by atoms with Gasteiger partial charge in [0, 0.05) is 10.1 Å². The predicted molar refractivity (Wildman–Crippen MR) is 56.2 cm³/mol. The Labute approximate surface area is 86.7 Å². The first-order valence-corrected chi connectivity index (χ1v) is 5.29. The second-order valence-electron chi connectivity index (χ2n) is 2.35. The molecule has 0 aliphatic carbocycles. The summed E-state index contributed by atoms with van der Waals surface area (Å²) in [6.45, 7) is 0. The van der Waals surface area contributed by atoms with Crippen LogP contribution in [0.4, 0.5) is 0 Å². The quantitative estimate of drug-likeness (QED) is 0.761. The largest absolute Gasteiger partial charge is 0.506 e. The lowest BCUT2D eigenvalue weighted by atomic mass is 10.2. The molecule has 1 heterocycles. The van der Waals surface area contributed by atoms with Gasteiger partial charge in [0.05, 0.1) is 9.50 Å². The van der Waals surface area contributed by atoms with Crippen LogP contribution >= 0.6 is 38.9 Å². The van der Waals surface area contributed by atoms with E-state index in [0.29, 0.717) is 9.50 Å². The Hall–Kier alpha value is -0.250. The van der Waals surface area contributed by atoms with Gasteiger partial charge in [0.2, 0.25) is 0 Å². The molecule has 1 nitrogen and oxygen atoms in total. The van der Waals surface area contributed by atoms with Crippen LogP contribution in [0.1, 0.15) is 0 Å². The van der Waals surface area contributed by atoms with Crippen molar-refractivity contribution < 1.29 is 5.11 Å². The summed E-state index contributed by atoms with van der Waals surface area (Å²) in [5.74, 6) is 0.221. The highest BCUT2D eigenvalue weighted by Gasteiger charge is 2.09. The smallest absolute Gasteiger partial charge is 0.139 e. The molecule has 2 aromatic rings. The zero-order valence-corrected chi connectivity index (χ0v) is 9.00. The molecule has 0 bridgehead atoms. The molecule has 2 rings (SSSR count). The zero-order chi connectivity index (χ0) is 8.72. The fourth-order valence-corrected chi connectivity index (χ4v) is 2.46. The van der Waals surface area contributed by atoms with Crippen molar-refractivity contribution in [2.24, 2.45) is 0 Å². The van der Waals surface area contributed by atoms with Gasteiger partial charge in [-0.05, 0) is 33.4 Å². The Kier molecular flexibility index (Phi) is 2.02. The average molecular weight is 264 g/mol. The molecular weight excluding hydrogens is 260 g/mol. The van der Waals surface area contributed by atoms with Gasteiger partial charge in [-0.3, -0.25) is 0 Å². The zero-order valence-electron chi connectivity index (χ0n) is 5.84. The summed E-state index contributed by atoms with van der Waals surface area (Å²) in [6, 6.07) is 3.71. The lowest BCUT2D eigenvalue weighted by molar-refractivity contribution is 0.478. The number of aromatic hydroxyl groups is 1. The van der Waals surface area contributed by atoms with Gasteiger partial charge in [0.25, 0.3) is 0 Å². The summed E-state index contributed by atoms with van der Waals surface area (Å²) in [5, 5.41) is 12.9. The maximum atomic E-state index is 9.60. The van der Waals surface area contributed by atoms with E-state index in [4.69, 9.17) is 11.6 Å². The van der Waals surface area contributed by atoms with Crippen LogP contribution in [0.2, 0.25) is 5.02 Å². The highest BCUT2D eigenvalue weighted by atomic mass is 79.9. The van der Waals surface area contributed by atoms with Crippen molar-refractivity contribution in [3.05, 3.63) is 27.0 Å². The van der Waals surface area contributed by atoms with Crippen LogP contribution in [-0.2, 0) is 0 Å². The van der Waals surface area contributed by atoms with Crippen molar-refractivity contribution in [2.45, 2.75) is 0 Å². The van der Waals surface area contributed by atoms with Crippen LogP contribution in [-0.4, -0.2) is 5.11 Å². The molecule has 0 spiro atoms. The number of phenols is 1. The molecule has 12 heavy (non-hydrogen) atoms. The van der Waals surface area contributed by atoms with Crippen molar-refractivity contribution in [1.82, 2.24) is 0 Å². The van der Waals surface area contributed by atoms with E-state index in [-0.39, 0.29) is 5.75 Å². The lowest BCUT2D eigenvalue weighted by Crippen LogP contribution is -1.72. The number of benzene rings is 1. The molecule has 0 radical (unpaired) electrons. The number of thiophene rings is 1. The van der Waals surface area contributed by atoms with Gasteiger partial charge in [0.1, 0.15) is 5.75 Å². The molecule has 0 saturated heterocycles. The minimum atomic E-state index is 0.221. The summed E-state index contributed by atoms with van der Waals surface area (Å²) in [6.07, 6.45) is 0. The third-order valence-corrected chi connectivity index (χ3v) is 3.82. The molecule has 0 atom stereocenters. The SMILES string of the molecule is Oc1c(Br)c(Cl)cc2sccc12. The van der Waals surface area contributed by atoms with Crippen LogP contribution in [0.5, 0.6) is 5.75 Å². The second kappa shape index (κ2) is 2.91. The third-order valence-electron chi connectivity index (χ3n) is 1.63. The van der Waals surface area contributed by atoms with E-state index in [9.17, 15) is 5.11 Å². The Morgan fingerprint density at radius 3 is 3.00 bits per heavy atom. The molecule has 1 aromatic heterocycles. The number of fused-ring (bicyclic) bond motifs is 1. The molecule has 0 amide bonds. The van der Waals surface area contributed by atoms with E-state index < -0.39 is 0 Å². The molecule has 1 N–H and O–H groups in total. The normalized spacial score (nSPS) is 10.8. The van der Waals surface area contributed by atoms with Crippen molar-refractivity contribution in [3.8, 4) is 5.75 Å². The molecule has 4 heteroatoms. The number of phenolic OH excluding ortho intramolecular Hbond substituents is 1. The summed E-state index contributed by atoms with van der Waals surface area (Å²) in [7, 11) is 0. The van der Waals surface area contributed by atoms with Crippen molar-refractivity contribution >= 4 is 49.0 Å². The fraction of sp³-hybridized carbons (Fsp3) is 0. The maximum absolute atomic E-state index is 9.60. The highest BCUT2D eigenvalue weighted by Crippen LogP contribution is 2.40. The van der Waals surface area contributed by atoms with Crippen LogP contribution in [0.25, 0.3) is 10.1 Å². The van der Waals surface area contributed by atoms with Gasteiger partial charge >= 0.3 is 0 Å². The second-order valence-corrected chi connectivity index (χ2v) is 4.50. The Morgan fingerprint density at radius 1 is 1.50 bits per heavy atom. The van der Waals surface area contributed by atoms with Gasteiger partial charge in [-0.2, -0.15) is 0 Å². The van der Waals surface area contributed by atoms with Crippen molar-refractivity contribution in [3.63, 3.8) is 0 Å². The van der Waals surface area contributed by atoms with E-state index in [1.807, 2.05) is 17.5 Å². The molecule has 0 unspecified atom stereocenters. The molecule has 1 aromatic carbocycles. The summed E-state index contributed by atoms with van der Waals surface area (Å²) in [4.78, 5) is 0. The van der Waals surface area contributed by atoms with Gasteiger partial charge in [-0.15, -0.1) is 11.3 Å². The Bertz CT molecular complexity index is 438. The minimum absolute atomic E-state index is 0.221. The average Bonchev–Trinajstić information content (AvgIpc) is 2.48. The van der Waals surface area contributed by atoms with Gasteiger partial charge in [-0.25, -0.2) is 0 Å². The lowest BCUT2D eigenvalue weighted by Gasteiger charge is -2.00. The summed E-state index contributed by atoms with van der Waals surface area (Å²) in [5.41, 5.74) is 0. The first kappa shape index (κ1) is 8.35. The van der Waals surface area contributed by atoms with Crippen LogP contribution in [0.3, 0.4) is 0 Å². The molecule has 0 fully saturated rings. The number of halogens is 2. The van der Waals surface area contributed by atoms with Gasteiger partial charge in [-0.1, -0.05) is 11.6 Å². The van der Waals surface area contributed by atoms with Crippen molar-refractivity contribution in [1.29, 1.82) is 0 Å². The molecule has 0 aliphatic rings. The van der Waals surface area contributed by atoms with E-state index >= 15 is 0 Å². The van der Waals surface area contributed by atoms with Crippen LogP contribution in [0, 0.1) is 0 Å². The highest BCUT2D eigenvalue weighted by molar-refractivity contribution is 9.10. The molecule has 0 saturated carbocycles. The van der Waals surface area contributed by atoms with E-state index in [1.165, 1.54) is 0 Å². The Balaban J connectivity index is 2.94. The monoisotopic (exact) mass is 262 g/mol. The number of rotatable bonds is 0. The summed E-state index contributed by atoms with van der Waals surface area (Å²) >= 11 is 10.6. The third kappa shape index (κ3) is 1.13. The van der Waals surface area contributed by atoms with Gasteiger partial charge in [0.15, 0.2) is 0 Å². The molecular formula is C8H4BrClOS. The Morgan fingerprint density at radius 2 is 2.25 bits per heavy atom. The molecule has 62 valence electrons. The van der Waals surface area contributed by atoms with E-state index in [2.05, 4.69) is 15.9 Å². The number of hydrogen-bond acceptors (Lipinski definition) is 2. The van der Waals surface area contributed by atoms with Crippen molar-refractivity contribution in [2.75, 3.05) is 0 Å². The predicted octanol–water partition coefficient (Wildman–Crippen LogP) is 4.02. The first-order valence-electron chi connectivity index (χ1n) is 3.24. The maximum Gasteiger partial charge on any atom is 0.139 e. The topological polar surface area (TPSA) is 20.2 Å². The van der Waals surface area contributed by atoms with Crippen LogP contribution in [0.15, 0.2) is 22.0 Å². The first-order chi connectivity index (χ1) is 5.70. The fourth-order valence-electron chi connectivity index (χ4n) is 1.04. The number of hydrogen-bond donors (Lipinski definition) is 1. The van der Waals surface area contributed by atoms with E-state index in [0.717, 1.165) is 10.1 Å². The summed E-state index contributed by atoms with van der Waals surface area (Å²) < 4.78 is 1.57.